The quantitative estimate of drug-likeness (QED) is 0.879. The molecule has 5 nitrogen and oxygen atoms in total. The molecule has 120 valence electrons. The molecule has 1 N–H and O–H groups in total. The number of pyridine rings is 1. The number of benzene rings is 1. The lowest BCUT2D eigenvalue weighted by molar-refractivity contribution is 0.0470. The molecule has 0 unspecified atom stereocenters. The predicted molar refractivity (Wildman–Crippen MR) is 81.2 cm³/mol. The minimum absolute atomic E-state index is 0.0142. The zero-order valence-electron chi connectivity index (χ0n) is 12.6. The molecule has 0 atom stereocenters. The summed E-state index contributed by atoms with van der Waals surface area (Å²) < 4.78 is 23.5. The molecule has 23 heavy (non-hydrogen) atoms. The maximum atomic E-state index is 13.6. The summed E-state index contributed by atoms with van der Waals surface area (Å²) in [4.78, 5) is 26.7. The number of aryl methyl sites for hydroxylation is 2. The standard InChI is InChI=1S/C17H16FNO4/c1-22-15-6-5-10(7-13(15)18)9-23-17(21)12-8-11-3-2-4-14(11)19-16(12)20/h5-8H,2-4,9H2,1H3,(H,19,20). The number of methoxy groups -OCH3 is 1. The third kappa shape index (κ3) is 3.11. The Morgan fingerprint density at radius 3 is 2.87 bits per heavy atom. The maximum absolute atomic E-state index is 13.6. The lowest BCUT2D eigenvalue weighted by atomic mass is 10.1. The molecule has 0 bridgehead atoms. The molecular formula is C17H16FNO4. The normalized spacial score (nSPS) is 12.8. The fourth-order valence-electron chi connectivity index (χ4n) is 2.69. The molecule has 1 heterocycles. The van der Waals surface area contributed by atoms with Crippen LogP contribution in [0.15, 0.2) is 29.1 Å². The second-order valence-corrected chi connectivity index (χ2v) is 5.41. The van der Waals surface area contributed by atoms with Crippen molar-refractivity contribution in [1.29, 1.82) is 0 Å². The summed E-state index contributed by atoms with van der Waals surface area (Å²) in [6.07, 6.45) is 2.63. The Balaban J connectivity index is 1.73. The number of rotatable bonds is 4. The third-order valence-corrected chi connectivity index (χ3v) is 3.89. The van der Waals surface area contributed by atoms with Gasteiger partial charge in [0.15, 0.2) is 11.6 Å². The Labute approximate surface area is 132 Å². The lowest BCUT2D eigenvalue weighted by Crippen LogP contribution is -2.21. The molecule has 1 aliphatic rings. The predicted octanol–water partition coefficient (Wildman–Crippen LogP) is 2.37. The molecule has 3 rings (SSSR count). The van der Waals surface area contributed by atoms with Gasteiger partial charge in [-0.25, -0.2) is 9.18 Å². The highest BCUT2D eigenvalue weighted by molar-refractivity contribution is 5.89. The maximum Gasteiger partial charge on any atom is 0.344 e. The molecule has 1 aliphatic carbocycles. The van der Waals surface area contributed by atoms with Gasteiger partial charge in [0.05, 0.1) is 7.11 Å². The van der Waals surface area contributed by atoms with E-state index >= 15 is 0 Å². The number of esters is 1. The topological polar surface area (TPSA) is 68.4 Å². The van der Waals surface area contributed by atoms with Gasteiger partial charge in [0.1, 0.15) is 12.2 Å². The van der Waals surface area contributed by atoms with Gasteiger partial charge in [-0.3, -0.25) is 4.79 Å². The molecule has 0 saturated heterocycles. The fourth-order valence-corrected chi connectivity index (χ4v) is 2.69. The minimum atomic E-state index is -0.711. The van der Waals surface area contributed by atoms with Gasteiger partial charge in [-0.05, 0) is 48.6 Å². The van der Waals surface area contributed by atoms with E-state index in [9.17, 15) is 14.0 Å². The van der Waals surface area contributed by atoms with Gasteiger partial charge in [0.25, 0.3) is 5.56 Å². The molecule has 1 aromatic heterocycles. The Morgan fingerprint density at radius 1 is 1.30 bits per heavy atom. The van der Waals surface area contributed by atoms with E-state index in [2.05, 4.69) is 4.98 Å². The SMILES string of the molecule is COc1ccc(COC(=O)c2cc3c([nH]c2=O)CCC3)cc1F. The van der Waals surface area contributed by atoms with Crippen molar-refractivity contribution in [1.82, 2.24) is 4.98 Å². The number of hydrogen-bond donors (Lipinski definition) is 1. The molecule has 0 aliphatic heterocycles. The number of hydrogen-bond acceptors (Lipinski definition) is 4. The van der Waals surface area contributed by atoms with E-state index in [0.717, 1.165) is 30.5 Å². The van der Waals surface area contributed by atoms with Gasteiger partial charge in [-0.2, -0.15) is 0 Å². The van der Waals surface area contributed by atoms with Crippen molar-refractivity contribution in [3.8, 4) is 5.75 Å². The molecule has 0 radical (unpaired) electrons. The monoisotopic (exact) mass is 317 g/mol. The van der Waals surface area contributed by atoms with Gasteiger partial charge < -0.3 is 14.5 Å². The second-order valence-electron chi connectivity index (χ2n) is 5.41. The van der Waals surface area contributed by atoms with Crippen molar-refractivity contribution in [3.05, 3.63) is 62.8 Å². The molecule has 0 fully saturated rings. The molecular weight excluding hydrogens is 301 g/mol. The summed E-state index contributed by atoms with van der Waals surface area (Å²) >= 11 is 0. The average molecular weight is 317 g/mol. The van der Waals surface area contributed by atoms with Crippen molar-refractivity contribution in [2.75, 3.05) is 7.11 Å². The third-order valence-electron chi connectivity index (χ3n) is 3.89. The van der Waals surface area contributed by atoms with Crippen molar-refractivity contribution in [2.45, 2.75) is 25.9 Å². The van der Waals surface area contributed by atoms with E-state index in [-0.39, 0.29) is 17.9 Å². The number of nitrogens with one attached hydrogen (secondary N) is 1. The van der Waals surface area contributed by atoms with Crippen molar-refractivity contribution in [3.63, 3.8) is 0 Å². The zero-order valence-corrected chi connectivity index (χ0v) is 12.6. The average Bonchev–Trinajstić information content (AvgIpc) is 2.99. The molecule has 1 aromatic carbocycles. The van der Waals surface area contributed by atoms with Crippen molar-refractivity contribution < 1.29 is 18.7 Å². The number of carbonyl (C=O) groups is 1. The molecule has 6 heteroatoms. The Morgan fingerprint density at radius 2 is 2.13 bits per heavy atom. The van der Waals surface area contributed by atoms with E-state index in [1.807, 2.05) is 0 Å². The van der Waals surface area contributed by atoms with Crippen LogP contribution in [0.25, 0.3) is 0 Å². The second kappa shape index (κ2) is 6.24. The van der Waals surface area contributed by atoms with Crippen LogP contribution in [-0.2, 0) is 24.2 Å². The molecule has 0 saturated carbocycles. The number of carbonyl (C=O) groups excluding carboxylic acids is 1. The van der Waals surface area contributed by atoms with Crippen LogP contribution in [-0.4, -0.2) is 18.1 Å². The first-order valence-electron chi connectivity index (χ1n) is 7.33. The van der Waals surface area contributed by atoms with Crippen LogP contribution in [0.5, 0.6) is 5.75 Å². The Bertz CT molecular complexity index is 813. The van der Waals surface area contributed by atoms with Crippen LogP contribution in [0.2, 0.25) is 0 Å². The summed E-state index contributed by atoms with van der Waals surface area (Å²) in [5.41, 5.74) is 1.89. The van der Waals surface area contributed by atoms with E-state index in [4.69, 9.17) is 9.47 Å². The van der Waals surface area contributed by atoms with Crippen LogP contribution in [0.1, 0.15) is 33.6 Å². The first-order chi connectivity index (χ1) is 11.1. The highest BCUT2D eigenvalue weighted by Crippen LogP contribution is 2.20. The van der Waals surface area contributed by atoms with Gasteiger partial charge in [0.2, 0.25) is 0 Å². The first kappa shape index (κ1) is 15.3. The fraction of sp³-hybridized carbons (Fsp3) is 0.294. The van der Waals surface area contributed by atoms with E-state index in [1.165, 1.54) is 19.2 Å². The van der Waals surface area contributed by atoms with Gasteiger partial charge in [-0.1, -0.05) is 6.07 Å². The number of H-pyrrole nitrogens is 1. The summed E-state index contributed by atoms with van der Waals surface area (Å²) in [6.45, 7) is -0.115. The van der Waals surface area contributed by atoms with Crippen LogP contribution in [0, 0.1) is 5.82 Å². The number of aromatic nitrogens is 1. The number of fused-ring (bicyclic) bond motifs is 1. The Hall–Kier alpha value is -2.63. The highest BCUT2D eigenvalue weighted by Gasteiger charge is 2.19. The number of halogens is 1. The number of ether oxygens (including phenoxy) is 2. The van der Waals surface area contributed by atoms with Crippen LogP contribution in [0.4, 0.5) is 4.39 Å². The van der Waals surface area contributed by atoms with E-state index < -0.39 is 17.3 Å². The van der Waals surface area contributed by atoms with Gasteiger partial charge in [-0.15, -0.1) is 0 Å². The zero-order chi connectivity index (χ0) is 16.4. The summed E-state index contributed by atoms with van der Waals surface area (Å²) in [5.74, 6) is -1.12. The van der Waals surface area contributed by atoms with Crippen molar-refractivity contribution >= 4 is 5.97 Å². The summed E-state index contributed by atoms with van der Waals surface area (Å²) in [6, 6.07) is 5.89. The molecule has 0 amide bonds. The van der Waals surface area contributed by atoms with Gasteiger partial charge >= 0.3 is 5.97 Å². The van der Waals surface area contributed by atoms with E-state index in [1.54, 1.807) is 12.1 Å². The first-order valence-corrected chi connectivity index (χ1v) is 7.33. The lowest BCUT2D eigenvalue weighted by Gasteiger charge is -2.07. The highest BCUT2D eigenvalue weighted by atomic mass is 19.1. The largest absolute Gasteiger partial charge is 0.494 e. The minimum Gasteiger partial charge on any atom is -0.494 e. The van der Waals surface area contributed by atoms with Gasteiger partial charge in [0, 0.05) is 5.69 Å². The van der Waals surface area contributed by atoms with Crippen LogP contribution >= 0.6 is 0 Å². The summed E-state index contributed by atoms with van der Waals surface area (Å²) in [7, 11) is 1.37. The summed E-state index contributed by atoms with van der Waals surface area (Å²) in [5, 5.41) is 0. The van der Waals surface area contributed by atoms with Crippen LogP contribution < -0.4 is 10.3 Å². The smallest absolute Gasteiger partial charge is 0.344 e. The number of aromatic amines is 1. The molecule has 2 aromatic rings. The van der Waals surface area contributed by atoms with Crippen molar-refractivity contribution in [2.24, 2.45) is 0 Å². The Kier molecular flexibility index (Phi) is 4.14. The molecule has 0 spiro atoms. The van der Waals surface area contributed by atoms with E-state index in [0.29, 0.717) is 5.56 Å². The van der Waals surface area contributed by atoms with Crippen LogP contribution in [0.3, 0.4) is 0 Å².